The van der Waals surface area contributed by atoms with Crippen LogP contribution in [0.2, 0.25) is 0 Å². The first-order valence-corrected chi connectivity index (χ1v) is 9.05. The lowest BCUT2D eigenvalue weighted by molar-refractivity contribution is 0.413. The smallest absolute Gasteiger partial charge is 0.0946 e. The number of rotatable bonds is 4. The predicted octanol–water partition coefficient (Wildman–Crippen LogP) is 4.07. The molecule has 0 fully saturated rings. The topological polar surface area (TPSA) is 24.9 Å². The van der Waals surface area contributed by atoms with Crippen molar-refractivity contribution in [2.24, 2.45) is 0 Å². The van der Waals surface area contributed by atoms with Gasteiger partial charge in [-0.15, -0.1) is 22.7 Å². The maximum Gasteiger partial charge on any atom is 0.0946 e. The van der Waals surface area contributed by atoms with E-state index in [1.54, 1.807) is 10.4 Å². The summed E-state index contributed by atoms with van der Waals surface area (Å²) in [5.41, 5.74) is 2.78. The van der Waals surface area contributed by atoms with Gasteiger partial charge < -0.3 is 5.32 Å². The van der Waals surface area contributed by atoms with Gasteiger partial charge in [-0.25, -0.2) is 4.98 Å². The van der Waals surface area contributed by atoms with E-state index in [1.165, 1.54) is 34.8 Å². The van der Waals surface area contributed by atoms with Gasteiger partial charge in [-0.05, 0) is 57.2 Å². The molecular weight excluding hydrogens is 284 g/mol. The van der Waals surface area contributed by atoms with Crippen molar-refractivity contribution in [3.8, 4) is 0 Å². The molecule has 1 aliphatic rings. The zero-order valence-electron chi connectivity index (χ0n) is 12.4. The Morgan fingerprint density at radius 1 is 1.45 bits per heavy atom. The molecular formula is C16H22N2S2. The molecule has 3 rings (SSSR count). The normalized spacial score (nSPS) is 19.9. The summed E-state index contributed by atoms with van der Waals surface area (Å²) in [7, 11) is 2.10. The van der Waals surface area contributed by atoms with Crippen molar-refractivity contribution in [1.82, 2.24) is 10.3 Å². The van der Waals surface area contributed by atoms with Crippen LogP contribution in [0.3, 0.4) is 0 Å². The molecule has 108 valence electrons. The van der Waals surface area contributed by atoms with Crippen molar-refractivity contribution in [2.75, 3.05) is 7.05 Å². The average molecular weight is 306 g/mol. The van der Waals surface area contributed by atoms with E-state index in [-0.39, 0.29) is 0 Å². The van der Waals surface area contributed by atoms with E-state index in [0.29, 0.717) is 12.0 Å². The highest BCUT2D eigenvalue weighted by molar-refractivity contribution is 7.11. The van der Waals surface area contributed by atoms with E-state index in [2.05, 4.69) is 37.7 Å². The number of thiophene rings is 1. The molecule has 20 heavy (non-hydrogen) atoms. The first kappa shape index (κ1) is 14.2. The fourth-order valence-corrected chi connectivity index (χ4v) is 5.19. The molecule has 2 aromatic heterocycles. The first-order chi connectivity index (χ1) is 9.69. The zero-order valence-corrected chi connectivity index (χ0v) is 14.0. The molecule has 2 atom stereocenters. The number of likely N-dealkylation sites (N-methyl/N-ethyl adjacent to an activating group) is 1. The summed E-state index contributed by atoms with van der Waals surface area (Å²) in [6.07, 6.45) is 4.95. The standard InChI is InChI=1S/C16H22N2S2/c1-10-11(2)20-16(18-10)9-14(17-3)12-5-4-6-15-13(12)7-8-19-15/h7-8,12,14,17H,4-6,9H2,1-3H3. The van der Waals surface area contributed by atoms with Crippen LogP contribution in [0, 0.1) is 13.8 Å². The van der Waals surface area contributed by atoms with Gasteiger partial charge in [0.25, 0.3) is 0 Å². The average Bonchev–Trinajstić information content (AvgIpc) is 3.03. The van der Waals surface area contributed by atoms with Gasteiger partial charge in [0, 0.05) is 28.1 Å². The van der Waals surface area contributed by atoms with Crippen LogP contribution in [-0.4, -0.2) is 18.1 Å². The van der Waals surface area contributed by atoms with Crippen LogP contribution in [0.5, 0.6) is 0 Å². The number of aryl methyl sites for hydroxylation is 3. The maximum atomic E-state index is 4.72. The SMILES string of the molecule is CNC(Cc1nc(C)c(C)s1)C1CCCc2sccc21. The van der Waals surface area contributed by atoms with Gasteiger partial charge in [0.05, 0.1) is 10.7 Å². The van der Waals surface area contributed by atoms with Crippen LogP contribution in [0.4, 0.5) is 0 Å². The fraction of sp³-hybridized carbons (Fsp3) is 0.562. The summed E-state index contributed by atoms with van der Waals surface area (Å²) >= 11 is 3.79. The molecule has 0 aromatic carbocycles. The molecule has 0 bridgehead atoms. The molecule has 0 saturated carbocycles. The van der Waals surface area contributed by atoms with Crippen LogP contribution in [0.1, 0.15) is 44.8 Å². The summed E-state index contributed by atoms with van der Waals surface area (Å²) < 4.78 is 0. The predicted molar refractivity (Wildman–Crippen MR) is 88.1 cm³/mol. The number of fused-ring (bicyclic) bond motifs is 1. The van der Waals surface area contributed by atoms with E-state index in [9.17, 15) is 0 Å². The Balaban J connectivity index is 1.81. The van der Waals surface area contributed by atoms with Gasteiger partial charge in [-0.1, -0.05) is 0 Å². The second-order valence-electron chi connectivity index (χ2n) is 5.65. The molecule has 0 spiro atoms. The van der Waals surface area contributed by atoms with Crippen LogP contribution >= 0.6 is 22.7 Å². The summed E-state index contributed by atoms with van der Waals surface area (Å²) in [5, 5.41) is 7.09. The first-order valence-electron chi connectivity index (χ1n) is 7.35. The van der Waals surface area contributed by atoms with Crippen LogP contribution in [-0.2, 0) is 12.8 Å². The van der Waals surface area contributed by atoms with E-state index in [4.69, 9.17) is 4.98 Å². The van der Waals surface area contributed by atoms with Gasteiger partial charge >= 0.3 is 0 Å². The minimum Gasteiger partial charge on any atom is -0.316 e. The molecule has 1 N–H and O–H groups in total. The van der Waals surface area contributed by atoms with Crippen molar-refractivity contribution in [3.05, 3.63) is 37.5 Å². The molecule has 0 aliphatic heterocycles. The summed E-state index contributed by atoms with van der Waals surface area (Å²) in [6, 6.07) is 2.85. The third kappa shape index (κ3) is 2.69. The van der Waals surface area contributed by atoms with Crippen molar-refractivity contribution < 1.29 is 0 Å². The lowest BCUT2D eigenvalue weighted by atomic mass is 9.81. The summed E-state index contributed by atoms with van der Waals surface area (Å²) in [5.74, 6) is 0.652. The third-order valence-electron chi connectivity index (χ3n) is 4.42. The Labute approximate surface area is 129 Å². The number of nitrogens with zero attached hydrogens (tertiary/aromatic N) is 1. The van der Waals surface area contributed by atoms with Gasteiger partial charge in [-0.3, -0.25) is 0 Å². The quantitative estimate of drug-likeness (QED) is 0.921. The Bertz CT molecular complexity index is 566. The highest BCUT2D eigenvalue weighted by Gasteiger charge is 2.28. The van der Waals surface area contributed by atoms with Gasteiger partial charge in [0.1, 0.15) is 0 Å². The van der Waals surface area contributed by atoms with Gasteiger partial charge in [0.2, 0.25) is 0 Å². The second kappa shape index (κ2) is 5.96. The molecule has 0 radical (unpaired) electrons. The van der Waals surface area contributed by atoms with E-state index in [0.717, 1.165) is 6.42 Å². The Hall–Kier alpha value is -0.710. The lowest BCUT2D eigenvalue weighted by Crippen LogP contribution is -2.35. The van der Waals surface area contributed by atoms with Crippen LogP contribution in [0.15, 0.2) is 11.4 Å². The van der Waals surface area contributed by atoms with E-state index in [1.807, 2.05) is 22.7 Å². The van der Waals surface area contributed by atoms with Crippen LogP contribution in [0.25, 0.3) is 0 Å². The van der Waals surface area contributed by atoms with Crippen molar-refractivity contribution >= 4 is 22.7 Å². The Morgan fingerprint density at radius 3 is 3.00 bits per heavy atom. The molecule has 2 heterocycles. The molecule has 2 aromatic rings. The van der Waals surface area contributed by atoms with Crippen molar-refractivity contribution in [2.45, 2.75) is 51.5 Å². The molecule has 4 heteroatoms. The van der Waals surface area contributed by atoms with E-state index < -0.39 is 0 Å². The highest BCUT2D eigenvalue weighted by atomic mass is 32.1. The summed E-state index contributed by atoms with van der Waals surface area (Å²) in [6.45, 7) is 4.28. The Kier molecular flexibility index (Phi) is 4.24. The summed E-state index contributed by atoms with van der Waals surface area (Å²) in [4.78, 5) is 7.68. The number of aromatic nitrogens is 1. The minimum atomic E-state index is 0.508. The van der Waals surface area contributed by atoms with Crippen molar-refractivity contribution in [3.63, 3.8) is 0 Å². The minimum absolute atomic E-state index is 0.508. The van der Waals surface area contributed by atoms with Crippen LogP contribution < -0.4 is 5.32 Å². The molecule has 2 unspecified atom stereocenters. The maximum absolute atomic E-state index is 4.72. The second-order valence-corrected chi connectivity index (χ2v) is 7.93. The van der Waals surface area contributed by atoms with E-state index >= 15 is 0 Å². The largest absolute Gasteiger partial charge is 0.316 e. The highest BCUT2D eigenvalue weighted by Crippen LogP contribution is 2.38. The number of hydrogen-bond donors (Lipinski definition) is 1. The molecule has 0 saturated heterocycles. The molecule has 2 nitrogen and oxygen atoms in total. The lowest BCUT2D eigenvalue weighted by Gasteiger charge is -2.30. The number of thiazole rings is 1. The monoisotopic (exact) mass is 306 g/mol. The Morgan fingerprint density at radius 2 is 2.30 bits per heavy atom. The van der Waals surface area contributed by atoms with Gasteiger partial charge in [0.15, 0.2) is 0 Å². The number of hydrogen-bond acceptors (Lipinski definition) is 4. The third-order valence-corrected chi connectivity index (χ3v) is 6.51. The molecule has 0 amide bonds. The number of nitrogens with one attached hydrogen (secondary N) is 1. The zero-order chi connectivity index (χ0) is 14.1. The fourth-order valence-electron chi connectivity index (χ4n) is 3.20. The van der Waals surface area contributed by atoms with Crippen molar-refractivity contribution in [1.29, 1.82) is 0 Å². The molecule has 1 aliphatic carbocycles. The van der Waals surface area contributed by atoms with Gasteiger partial charge in [-0.2, -0.15) is 0 Å².